The van der Waals surface area contributed by atoms with Crippen molar-refractivity contribution in [3.63, 3.8) is 0 Å². The molecular formula is C15H26N4O2. The number of hydrogen-bond donors (Lipinski definition) is 1. The van der Waals surface area contributed by atoms with Gasteiger partial charge in [-0.25, -0.2) is 9.67 Å². The smallest absolute Gasteiger partial charge is 0.157 e. The first-order valence-electron chi connectivity index (χ1n) is 8.15. The summed E-state index contributed by atoms with van der Waals surface area (Å²) in [5, 5.41) is 8.15. The summed E-state index contributed by atoms with van der Waals surface area (Å²) in [7, 11) is 1.72. The molecule has 118 valence electrons. The van der Waals surface area contributed by atoms with E-state index < -0.39 is 0 Å². The van der Waals surface area contributed by atoms with E-state index in [-0.39, 0.29) is 6.10 Å². The number of aromatic nitrogens is 3. The third kappa shape index (κ3) is 3.62. The Morgan fingerprint density at radius 1 is 1.33 bits per heavy atom. The predicted octanol–water partition coefficient (Wildman–Crippen LogP) is 1.63. The summed E-state index contributed by atoms with van der Waals surface area (Å²) < 4.78 is 13.2. The zero-order valence-electron chi connectivity index (χ0n) is 12.9. The highest BCUT2D eigenvalue weighted by molar-refractivity contribution is 5.01. The Kier molecular flexibility index (Phi) is 5.22. The molecule has 21 heavy (non-hydrogen) atoms. The van der Waals surface area contributed by atoms with Crippen LogP contribution in [-0.4, -0.2) is 48.2 Å². The fraction of sp³-hybridized carbons (Fsp3) is 0.867. The van der Waals surface area contributed by atoms with E-state index in [0.29, 0.717) is 12.6 Å². The third-order valence-corrected chi connectivity index (χ3v) is 4.37. The number of nitrogens with one attached hydrogen (secondary N) is 1. The van der Waals surface area contributed by atoms with Crippen LogP contribution in [-0.2, 0) is 15.9 Å². The first-order chi connectivity index (χ1) is 10.4. The van der Waals surface area contributed by atoms with Gasteiger partial charge in [0.05, 0.1) is 19.3 Å². The zero-order valence-corrected chi connectivity index (χ0v) is 12.9. The van der Waals surface area contributed by atoms with Gasteiger partial charge in [-0.05, 0) is 12.8 Å². The van der Waals surface area contributed by atoms with Gasteiger partial charge in [0.15, 0.2) is 11.6 Å². The number of nitrogens with zero attached hydrogens (tertiary/aromatic N) is 3. The molecular weight excluding hydrogens is 268 g/mol. The summed E-state index contributed by atoms with van der Waals surface area (Å²) in [5.74, 6) is 1.88. The average Bonchev–Trinajstić information content (AvgIpc) is 2.99. The number of hydrogen-bond acceptors (Lipinski definition) is 5. The van der Waals surface area contributed by atoms with Crippen LogP contribution in [0.25, 0.3) is 0 Å². The quantitative estimate of drug-likeness (QED) is 0.894. The molecule has 1 aromatic heterocycles. The van der Waals surface area contributed by atoms with E-state index in [1.165, 1.54) is 32.1 Å². The minimum absolute atomic E-state index is 0.0319. The molecule has 6 nitrogen and oxygen atoms in total. The highest BCUT2D eigenvalue weighted by atomic mass is 16.5. The van der Waals surface area contributed by atoms with E-state index in [2.05, 4.69) is 10.00 Å². The molecule has 1 N–H and O–H groups in total. The van der Waals surface area contributed by atoms with Crippen LogP contribution in [0, 0.1) is 0 Å². The minimum atomic E-state index is 0.0319. The van der Waals surface area contributed by atoms with Gasteiger partial charge in [0, 0.05) is 26.6 Å². The third-order valence-electron chi connectivity index (χ3n) is 4.37. The van der Waals surface area contributed by atoms with E-state index >= 15 is 0 Å². The fourth-order valence-corrected chi connectivity index (χ4v) is 3.23. The molecule has 0 bridgehead atoms. The van der Waals surface area contributed by atoms with Crippen LogP contribution in [0.4, 0.5) is 0 Å². The Morgan fingerprint density at radius 2 is 2.19 bits per heavy atom. The summed E-state index contributed by atoms with van der Waals surface area (Å²) in [5.41, 5.74) is 0. The molecule has 2 fully saturated rings. The predicted molar refractivity (Wildman–Crippen MR) is 79.3 cm³/mol. The lowest BCUT2D eigenvalue weighted by Crippen LogP contribution is -2.35. The van der Waals surface area contributed by atoms with Gasteiger partial charge in [0.2, 0.25) is 0 Å². The van der Waals surface area contributed by atoms with E-state index in [9.17, 15) is 0 Å². The molecule has 0 spiro atoms. The van der Waals surface area contributed by atoms with Gasteiger partial charge in [0.1, 0.15) is 6.10 Å². The molecule has 1 saturated heterocycles. The van der Waals surface area contributed by atoms with Gasteiger partial charge < -0.3 is 14.8 Å². The monoisotopic (exact) mass is 294 g/mol. The summed E-state index contributed by atoms with van der Waals surface area (Å²) >= 11 is 0. The first-order valence-corrected chi connectivity index (χ1v) is 8.15. The van der Waals surface area contributed by atoms with Crippen molar-refractivity contribution in [2.45, 2.75) is 50.7 Å². The maximum absolute atomic E-state index is 5.90. The molecule has 1 aromatic rings. The number of rotatable bonds is 5. The van der Waals surface area contributed by atoms with Gasteiger partial charge in [-0.3, -0.25) is 0 Å². The number of ether oxygens (including phenoxy) is 2. The van der Waals surface area contributed by atoms with Gasteiger partial charge in [-0.15, -0.1) is 0 Å². The molecule has 1 saturated carbocycles. The van der Waals surface area contributed by atoms with E-state index in [4.69, 9.17) is 19.6 Å². The van der Waals surface area contributed by atoms with Gasteiger partial charge in [-0.1, -0.05) is 19.3 Å². The molecule has 1 aliphatic heterocycles. The standard InChI is InChI=1S/C15H26N4O2/c1-20-9-7-14-17-15(13-11-16-8-10-21-13)19(18-14)12-5-3-2-4-6-12/h12-13,16H,2-11H2,1H3. The number of methoxy groups -OCH3 is 1. The van der Waals surface area contributed by atoms with Crippen LogP contribution in [0.3, 0.4) is 0 Å². The number of morpholine rings is 1. The van der Waals surface area contributed by atoms with Crippen molar-refractivity contribution < 1.29 is 9.47 Å². The van der Waals surface area contributed by atoms with Crippen LogP contribution in [0.1, 0.15) is 55.9 Å². The average molecular weight is 294 g/mol. The molecule has 0 radical (unpaired) electrons. The molecule has 2 heterocycles. The molecule has 6 heteroatoms. The Bertz CT molecular complexity index is 401. The minimum Gasteiger partial charge on any atom is -0.384 e. The van der Waals surface area contributed by atoms with Gasteiger partial charge in [0.25, 0.3) is 0 Å². The second kappa shape index (κ2) is 7.33. The second-order valence-corrected chi connectivity index (χ2v) is 5.93. The molecule has 0 amide bonds. The van der Waals surface area contributed by atoms with Crippen molar-refractivity contribution in [2.24, 2.45) is 0 Å². The molecule has 1 atom stereocenters. The van der Waals surface area contributed by atoms with Crippen molar-refractivity contribution in [3.8, 4) is 0 Å². The first kappa shape index (κ1) is 14.9. The summed E-state index contributed by atoms with van der Waals surface area (Å²) in [6.45, 7) is 3.16. The van der Waals surface area contributed by atoms with Crippen molar-refractivity contribution >= 4 is 0 Å². The summed E-state index contributed by atoms with van der Waals surface area (Å²) in [4.78, 5) is 4.75. The molecule has 3 rings (SSSR count). The lowest BCUT2D eigenvalue weighted by atomic mass is 9.95. The summed E-state index contributed by atoms with van der Waals surface area (Å²) in [6, 6.07) is 0.489. The molecule has 1 unspecified atom stereocenters. The van der Waals surface area contributed by atoms with Crippen molar-refractivity contribution in [2.75, 3.05) is 33.4 Å². The van der Waals surface area contributed by atoms with Gasteiger partial charge >= 0.3 is 0 Å². The normalized spacial score (nSPS) is 24.3. The second-order valence-electron chi connectivity index (χ2n) is 5.93. The highest BCUT2D eigenvalue weighted by Gasteiger charge is 2.27. The summed E-state index contributed by atoms with van der Waals surface area (Å²) in [6.07, 6.45) is 7.15. The van der Waals surface area contributed by atoms with Crippen molar-refractivity contribution in [1.82, 2.24) is 20.1 Å². The van der Waals surface area contributed by atoms with E-state index in [0.717, 1.165) is 37.8 Å². The van der Waals surface area contributed by atoms with Crippen molar-refractivity contribution in [3.05, 3.63) is 11.6 Å². The lowest BCUT2D eigenvalue weighted by Gasteiger charge is -2.27. The largest absolute Gasteiger partial charge is 0.384 e. The van der Waals surface area contributed by atoms with Crippen LogP contribution >= 0.6 is 0 Å². The Morgan fingerprint density at radius 3 is 2.90 bits per heavy atom. The Hall–Kier alpha value is -0.980. The molecule has 0 aromatic carbocycles. The van der Waals surface area contributed by atoms with E-state index in [1.807, 2.05) is 0 Å². The lowest BCUT2D eigenvalue weighted by molar-refractivity contribution is 0.0176. The molecule has 1 aliphatic carbocycles. The topological polar surface area (TPSA) is 61.2 Å². The highest BCUT2D eigenvalue weighted by Crippen LogP contribution is 2.30. The zero-order chi connectivity index (χ0) is 14.5. The van der Waals surface area contributed by atoms with Gasteiger partial charge in [-0.2, -0.15) is 5.10 Å². The van der Waals surface area contributed by atoms with Crippen LogP contribution in [0.2, 0.25) is 0 Å². The maximum atomic E-state index is 5.90. The Labute approximate surface area is 126 Å². The Balaban J connectivity index is 1.81. The van der Waals surface area contributed by atoms with Crippen LogP contribution in [0.15, 0.2) is 0 Å². The van der Waals surface area contributed by atoms with Crippen LogP contribution in [0.5, 0.6) is 0 Å². The van der Waals surface area contributed by atoms with Crippen molar-refractivity contribution in [1.29, 1.82) is 0 Å². The van der Waals surface area contributed by atoms with E-state index in [1.54, 1.807) is 7.11 Å². The maximum Gasteiger partial charge on any atom is 0.157 e. The van der Waals surface area contributed by atoms with Crippen LogP contribution < -0.4 is 5.32 Å². The molecule has 2 aliphatic rings. The fourth-order valence-electron chi connectivity index (χ4n) is 3.23. The SMILES string of the molecule is COCCc1nc(C2CNCCO2)n(C2CCCCC2)n1.